The first-order valence-electron chi connectivity index (χ1n) is 8.88. The SMILES string of the molecule is CCOC(=O)[C@]1(C)C[C@]12C(=O)Oc1c2c2ccccc2c2ccccc12. The first-order chi connectivity index (χ1) is 12.5. The van der Waals surface area contributed by atoms with Crippen LogP contribution in [-0.4, -0.2) is 18.5 Å². The Kier molecular flexibility index (Phi) is 2.87. The number of hydrogen-bond acceptors (Lipinski definition) is 4. The Bertz CT molecular complexity index is 1120. The van der Waals surface area contributed by atoms with Crippen LogP contribution in [-0.2, 0) is 19.7 Å². The van der Waals surface area contributed by atoms with Gasteiger partial charge < -0.3 is 9.47 Å². The third-order valence-corrected chi connectivity index (χ3v) is 6.02. The second-order valence-electron chi connectivity index (χ2n) is 7.32. The first-order valence-corrected chi connectivity index (χ1v) is 8.88. The van der Waals surface area contributed by atoms with Gasteiger partial charge >= 0.3 is 11.9 Å². The van der Waals surface area contributed by atoms with E-state index >= 15 is 0 Å². The molecule has 0 saturated heterocycles. The van der Waals surface area contributed by atoms with E-state index in [-0.39, 0.29) is 11.9 Å². The van der Waals surface area contributed by atoms with Gasteiger partial charge in [0.1, 0.15) is 11.2 Å². The molecule has 2 atom stereocenters. The molecule has 1 aliphatic heterocycles. The number of benzene rings is 3. The average Bonchev–Trinajstić information content (AvgIpc) is 3.19. The van der Waals surface area contributed by atoms with Crippen LogP contribution in [0.5, 0.6) is 5.75 Å². The summed E-state index contributed by atoms with van der Waals surface area (Å²) < 4.78 is 11.1. The molecule has 26 heavy (non-hydrogen) atoms. The van der Waals surface area contributed by atoms with Gasteiger partial charge in [-0.1, -0.05) is 48.5 Å². The van der Waals surface area contributed by atoms with E-state index in [1.54, 1.807) is 6.92 Å². The number of rotatable bonds is 2. The zero-order valence-electron chi connectivity index (χ0n) is 14.7. The molecule has 3 aromatic carbocycles. The molecule has 4 nitrogen and oxygen atoms in total. The predicted molar refractivity (Wildman–Crippen MR) is 98.1 cm³/mol. The fourth-order valence-electron chi connectivity index (χ4n) is 4.61. The van der Waals surface area contributed by atoms with Crippen molar-refractivity contribution in [1.29, 1.82) is 0 Å². The van der Waals surface area contributed by atoms with Crippen LogP contribution in [0, 0.1) is 5.41 Å². The van der Waals surface area contributed by atoms with Gasteiger partial charge in [-0.05, 0) is 36.4 Å². The largest absolute Gasteiger partial charge is 0.466 e. The van der Waals surface area contributed by atoms with E-state index in [1.807, 2.05) is 49.4 Å². The molecule has 4 heteroatoms. The molecule has 1 saturated carbocycles. The molecule has 1 heterocycles. The van der Waals surface area contributed by atoms with Crippen LogP contribution in [0.3, 0.4) is 0 Å². The molecule has 0 aromatic heterocycles. The monoisotopic (exact) mass is 346 g/mol. The molecule has 1 aliphatic carbocycles. The van der Waals surface area contributed by atoms with Gasteiger partial charge in [0.25, 0.3) is 0 Å². The van der Waals surface area contributed by atoms with Crippen molar-refractivity contribution in [2.75, 3.05) is 6.61 Å². The van der Waals surface area contributed by atoms with Crippen LogP contribution >= 0.6 is 0 Å². The Balaban J connectivity index is 1.87. The van der Waals surface area contributed by atoms with Crippen molar-refractivity contribution >= 4 is 33.5 Å². The van der Waals surface area contributed by atoms with Crippen LogP contribution in [0.1, 0.15) is 25.8 Å². The van der Waals surface area contributed by atoms with Gasteiger partial charge in [0.2, 0.25) is 0 Å². The van der Waals surface area contributed by atoms with E-state index in [2.05, 4.69) is 6.07 Å². The van der Waals surface area contributed by atoms with Crippen molar-refractivity contribution in [2.45, 2.75) is 25.7 Å². The third-order valence-electron chi connectivity index (χ3n) is 6.02. The molecule has 0 unspecified atom stereocenters. The maximum atomic E-state index is 13.0. The second kappa shape index (κ2) is 4.85. The van der Waals surface area contributed by atoms with Gasteiger partial charge in [-0.15, -0.1) is 0 Å². The second-order valence-corrected chi connectivity index (χ2v) is 7.32. The normalized spacial score (nSPS) is 26.2. The molecule has 1 fully saturated rings. The average molecular weight is 346 g/mol. The van der Waals surface area contributed by atoms with Gasteiger partial charge in [-0.25, -0.2) is 0 Å². The molecular formula is C22H18O4. The molecule has 130 valence electrons. The quantitative estimate of drug-likeness (QED) is 0.398. The molecule has 3 aromatic rings. The third kappa shape index (κ3) is 1.60. The zero-order chi connectivity index (χ0) is 18.1. The standard InChI is InChI=1S/C22H18O4/c1-3-25-19(23)21(2)12-22(21)17-15-10-6-4-8-13(15)14-9-5-7-11-16(14)18(17)26-20(22)24/h4-11H,3,12H2,1-2H3/t21-,22-/m0/s1. The summed E-state index contributed by atoms with van der Waals surface area (Å²) in [6.45, 7) is 3.89. The van der Waals surface area contributed by atoms with E-state index in [1.165, 1.54) is 0 Å². The lowest BCUT2D eigenvalue weighted by Gasteiger charge is -2.16. The number of carbonyl (C=O) groups is 2. The first kappa shape index (κ1) is 15.4. The smallest absolute Gasteiger partial charge is 0.323 e. The highest BCUT2D eigenvalue weighted by atomic mass is 16.6. The molecule has 0 N–H and O–H groups in total. The summed E-state index contributed by atoms with van der Waals surface area (Å²) in [6, 6.07) is 15.9. The fraction of sp³-hybridized carbons (Fsp3) is 0.273. The topological polar surface area (TPSA) is 52.6 Å². The Hall–Kier alpha value is -2.88. The van der Waals surface area contributed by atoms with Crippen LogP contribution < -0.4 is 4.74 Å². The molecule has 0 amide bonds. The molecule has 0 radical (unpaired) electrons. The zero-order valence-corrected chi connectivity index (χ0v) is 14.7. The Morgan fingerprint density at radius 2 is 1.62 bits per heavy atom. The van der Waals surface area contributed by atoms with Gasteiger partial charge in [-0.2, -0.15) is 0 Å². The number of fused-ring (bicyclic) bond motifs is 7. The van der Waals surface area contributed by atoms with Crippen molar-refractivity contribution in [2.24, 2.45) is 5.41 Å². The van der Waals surface area contributed by atoms with Crippen LogP contribution in [0.4, 0.5) is 0 Å². The highest BCUT2D eigenvalue weighted by Gasteiger charge is 2.79. The minimum absolute atomic E-state index is 0.297. The summed E-state index contributed by atoms with van der Waals surface area (Å²) in [5, 5.41) is 3.99. The Morgan fingerprint density at radius 1 is 1.04 bits per heavy atom. The summed E-state index contributed by atoms with van der Waals surface area (Å²) in [6.07, 6.45) is 0.424. The van der Waals surface area contributed by atoms with Crippen LogP contribution in [0.25, 0.3) is 21.5 Å². The van der Waals surface area contributed by atoms with E-state index < -0.39 is 10.8 Å². The lowest BCUT2D eigenvalue weighted by molar-refractivity contribution is -0.152. The summed E-state index contributed by atoms with van der Waals surface area (Å²) in [4.78, 5) is 25.6. The summed E-state index contributed by atoms with van der Waals surface area (Å²) in [5.74, 6) is -0.0797. The van der Waals surface area contributed by atoms with E-state index in [0.717, 1.165) is 27.1 Å². The van der Waals surface area contributed by atoms with Crippen molar-refractivity contribution in [1.82, 2.24) is 0 Å². The van der Waals surface area contributed by atoms with Crippen molar-refractivity contribution in [3.05, 3.63) is 54.1 Å². The maximum Gasteiger partial charge on any atom is 0.323 e. The lowest BCUT2D eigenvalue weighted by Crippen LogP contribution is -2.31. The molecule has 5 rings (SSSR count). The molecule has 1 spiro atoms. The highest BCUT2D eigenvalue weighted by molar-refractivity contribution is 6.18. The van der Waals surface area contributed by atoms with E-state index in [0.29, 0.717) is 18.8 Å². The number of ether oxygens (including phenoxy) is 2. The van der Waals surface area contributed by atoms with Crippen molar-refractivity contribution in [3.8, 4) is 5.75 Å². The summed E-state index contributed by atoms with van der Waals surface area (Å²) in [5.41, 5.74) is -0.984. The van der Waals surface area contributed by atoms with Gasteiger partial charge in [-0.3, -0.25) is 9.59 Å². The minimum Gasteiger partial charge on any atom is -0.466 e. The maximum absolute atomic E-state index is 13.0. The van der Waals surface area contributed by atoms with E-state index in [4.69, 9.17) is 9.47 Å². The summed E-state index contributed by atoms with van der Waals surface area (Å²) >= 11 is 0. The minimum atomic E-state index is -0.946. The molecular weight excluding hydrogens is 328 g/mol. The number of esters is 2. The van der Waals surface area contributed by atoms with E-state index in [9.17, 15) is 9.59 Å². The molecule has 0 bridgehead atoms. The Morgan fingerprint density at radius 3 is 2.27 bits per heavy atom. The summed E-state index contributed by atoms with van der Waals surface area (Å²) in [7, 11) is 0. The molecule has 2 aliphatic rings. The highest BCUT2D eigenvalue weighted by Crippen LogP contribution is 2.71. The lowest BCUT2D eigenvalue weighted by atomic mass is 9.83. The van der Waals surface area contributed by atoms with Crippen LogP contribution in [0.2, 0.25) is 0 Å². The van der Waals surface area contributed by atoms with Gasteiger partial charge in [0, 0.05) is 10.9 Å². The van der Waals surface area contributed by atoms with Gasteiger partial charge in [0.05, 0.1) is 12.0 Å². The number of carbonyl (C=O) groups excluding carboxylic acids is 2. The number of hydrogen-bond donors (Lipinski definition) is 0. The van der Waals surface area contributed by atoms with Gasteiger partial charge in [0.15, 0.2) is 0 Å². The van der Waals surface area contributed by atoms with Crippen LogP contribution in [0.15, 0.2) is 48.5 Å². The van der Waals surface area contributed by atoms with Crippen molar-refractivity contribution < 1.29 is 19.1 Å². The predicted octanol–water partition coefficient (Wildman–Crippen LogP) is 4.12. The van der Waals surface area contributed by atoms with Crippen molar-refractivity contribution in [3.63, 3.8) is 0 Å². The fourth-order valence-corrected chi connectivity index (χ4v) is 4.61. The Labute approximate surface area is 150 Å².